The quantitative estimate of drug-likeness (QED) is 0.513. The fraction of sp³-hybridized carbons (Fsp3) is 0.348. The van der Waals surface area contributed by atoms with Crippen molar-refractivity contribution in [2.75, 3.05) is 6.61 Å². The molecule has 160 valence electrons. The van der Waals surface area contributed by atoms with Crippen molar-refractivity contribution in [2.45, 2.75) is 45.9 Å². The van der Waals surface area contributed by atoms with Crippen molar-refractivity contribution < 1.29 is 19.1 Å². The Morgan fingerprint density at radius 2 is 1.73 bits per heavy atom. The maximum atomic E-state index is 12.6. The zero-order valence-electron chi connectivity index (χ0n) is 17.8. The van der Waals surface area contributed by atoms with E-state index in [4.69, 9.17) is 9.47 Å². The number of carbonyl (C=O) groups excluding carboxylic acids is 2. The van der Waals surface area contributed by atoms with Crippen LogP contribution in [-0.2, 0) is 20.9 Å². The van der Waals surface area contributed by atoms with Gasteiger partial charge in [-0.25, -0.2) is 10.2 Å². The van der Waals surface area contributed by atoms with Crippen LogP contribution in [0.3, 0.4) is 0 Å². The Labute approximate surface area is 177 Å². The highest BCUT2D eigenvalue weighted by Gasteiger charge is 2.24. The van der Waals surface area contributed by atoms with Crippen molar-refractivity contribution in [3.8, 4) is 0 Å². The molecule has 2 N–H and O–H groups in total. The summed E-state index contributed by atoms with van der Waals surface area (Å²) in [5, 5.41) is 6.51. The molecule has 0 saturated carbocycles. The monoisotopic (exact) mass is 411 g/mol. The number of benzene rings is 2. The highest BCUT2D eigenvalue weighted by molar-refractivity contribution is 5.87. The molecule has 0 aliphatic rings. The molecule has 2 aromatic carbocycles. The maximum absolute atomic E-state index is 12.6. The van der Waals surface area contributed by atoms with Crippen LogP contribution in [0.15, 0.2) is 59.7 Å². The minimum Gasteiger partial charge on any atom is -0.444 e. The van der Waals surface area contributed by atoms with Gasteiger partial charge in [-0.05, 0) is 38.8 Å². The van der Waals surface area contributed by atoms with Crippen LogP contribution in [0, 0.1) is 6.92 Å². The molecule has 30 heavy (non-hydrogen) atoms. The predicted molar refractivity (Wildman–Crippen MR) is 116 cm³/mol. The normalized spacial score (nSPS) is 12.4. The number of hydrogen-bond donors (Lipinski definition) is 2. The lowest BCUT2D eigenvalue weighted by Gasteiger charge is -2.22. The number of carbonyl (C=O) groups is 2. The van der Waals surface area contributed by atoms with Crippen LogP contribution in [0.2, 0.25) is 0 Å². The summed E-state index contributed by atoms with van der Waals surface area (Å²) in [6, 6.07) is 16.3. The molecule has 0 aliphatic carbocycles. The van der Waals surface area contributed by atoms with Crippen LogP contribution < -0.4 is 10.7 Å². The number of amides is 2. The standard InChI is InChI=1S/C23H29N3O4/c1-17-10-12-18(13-11-17)14-24-26-21(27)20(25-22(28)30-23(2,3)4)16-29-15-19-8-6-5-7-9-19/h5-14,20H,15-16H2,1-4H3,(H,25,28)(H,26,27). The molecular weight excluding hydrogens is 382 g/mol. The van der Waals surface area contributed by atoms with Gasteiger partial charge in [0.2, 0.25) is 0 Å². The van der Waals surface area contributed by atoms with E-state index >= 15 is 0 Å². The minimum absolute atomic E-state index is 0.0278. The molecule has 0 aliphatic heterocycles. The van der Waals surface area contributed by atoms with E-state index in [0.717, 1.165) is 16.7 Å². The van der Waals surface area contributed by atoms with Crippen LogP contribution in [0.25, 0.3) is 0 Å². The highest BCUT2D eigenvalue weighted by atomic mass is 16.6. The lowest BCUT2D eigenvalue weighted by Crippen LogP contribution is -2.49. The van der Waals surface area contributed by atoms with Gasteiger partial charge in [0, 0.05) is 0 Å². The molecule has 2 aromatic rings. The first-order valence-corrected chi connectivity index (χ1v) is 9.74. The van der Waals surface area contributed by atoms with E-state index in [2.05, 4.69) is 15.8 Å². The van der Waals surface area contributed by atoms with E-state index < -0.39 is 23.6 Å². The van der Waals surface area contributed by atoms with Crippen LogP contribution in [-0.4, -0.2) is 36.5 Å². The summed E-state index contributed by atoms with van der Waals surface area (Å²) < 4.78 is 10.9. The number of aryl methyl sites for hydroxylation is 1. The Bertz CT molecular complexity index is 843. The SMILES string of the molecule is Cc1ccc(C=NNC(=O)C(COCc2ccccc2)NC(=O)OC(C)(C)C)cc1. The van der Waals surface area contributed by atoms with Gasteiger partial charge in [0.15, 0.2) is 0 Å². The zero-order chi connectivity index (χ0) is 22.0. The zero-order valence-corrected chi connectivity index (χ0v) is 17.8. The molecule has 0 fully saturated rings. The van der Waals surface area contributed by atoms with Gasteiger partial charge in [0.05, 0.1) is 19.4 Å². The van der Waals surface area contributed by atoms with Crippen LogP contribution in [0.1, 0.15) is 37.5 Å². The van der Waals surface area contributed by atoms with E-state index in [1.807, 2.05) is 61.5 Å². The molecule has 0 aromatic heterocycles. The first-order valence-electron chi connectivity index (χ1n) is 9.74. The van der Waals surface area contributed by atoms with Gasteiger partial charge >= 0.3 is 6.09 Å². The van der Waals surface area contributed by atoms with Crippen molar-refractivity contribution in [2.24, 2.45) is 5.10 Å². The summed E-state index contributed by atoms with van der Waals surface area (Å²) in [5.41, 5.74) is 4.70. The van der Waals surface area contributed by atoms with Gasteiger partial charge < -0.3 is 14.8 Å². The lowest BCUT2D eigenvalue weighted by atomic mass is 10.2. The predicted octanol–water partition coefficient (Wildman–Crippen LogP) is 3.56. The van der Waals surface area contributed by atoms with Gasteiger partial charge in [-0.2, -0.15) is 5.10 Å². The van der Waals surface area contributed by atoms with E-state index in [1.165, 1.54) is 6.21 Å². The smallest absolute Gasteiger partial charge is 0.408 e. The third kappa shape index (κ3) is 8.87. The van der Waals surface area contributed by atoms with E-state index in [9.17, 15) is 9.59 Å². The number of alkyl carbamates (subject to hydrolysis) is 1. The fourth-order valence-electron chi connectivity index (χ4n) is 2.40. The topological polar surface area (TPSA) is 89.0 Å². The number of nitrogens with one attached hydrogen (secondary N) is 2. The van der Waals surface area contributed by atoms with Crippen LogP contribution >= 0.6 is 0 Å². The molecule has 2 amide bonds. The van der Waals surface area contributed by atoms with Gasteiger partial charge in [-0.15, -0.1) is 0 Å². The summed E-state index contributed by atoms with van der Waals surface area (Å²) in [6.45, 7) is 7.52. The molecule has 7 heteroatoms. The summed E-state index contributed by atoms with van der Waals surface area (Å²) >= 11 is 0. The van der Waals surface area contributed by atoms with Crippen LogP contribution in [0.4, 0.5) is 4.79 Å². The van der Waals surface area contributed by atoms with Gasteiger partial charge in [-0.1, -0.05) is 60.2 Å². The Hall–Kier alpha value is -3.19. The molecule has 0 spiro atoms. The molecule has 2 rings (SSSR count). The van der Waals surface area contributed by atoms with Crippen molar-refractivity contribution in [1.29, 1.82) is 0 Å². The third-order valence-electron chi connectivity index (χ3n) is 3.87. The first-order chi connectivity index (χ1) is 14.2. The molecule has 0 saturated heterocycles. The Balaban J connectivity index is 1.96. The first kappa shape index (κ1) is 23.1. The van der Waals surface area contributed by atoms with Gasteiger partial charge in [0.1, 0.15) is 11.6 Å². The summed E-state index contributed by atoms with van der Waals surface area (Å²) in [4.78, 5) is 24.7. The average molecular weight is 412 g/mol. The molecule has 0 radical (unpaired) electrons. The Morgan fingerprint density at radius 3 is 2.37 bits per heavy atom. The van der Waals surface area contributed by atoms with E-state index in [-0.39, 0.29) is 6.61 Å². The van der Waals surface area contributed by atoms with Crippen molar-refractivity contribution >= 4 is 18.2 Å². The molecule has 7 nitrogen and oxygen atoms in total. The van der Waals surface area contributed by atoms with Gasteiger partial charge in [-0.3, -0.25) is 4.79 Å². The van der Waals surface area contributed by atoms with E-state index in [0.29, 0.717) is 6.61 Å². The van der Waals surface area contributed by atoms with E-state index in [1.54, 1.807) is 20.8 Å². The second kappa shape index (κ2) is 11.1. The van der Waals surface area contributed by atoms with Gasteiger partial charge in [0.25, 0.3) is 5.91 Å². The molecule has 0 bridgehead atoms. The highest BCUT2D eigenvalue weighted by Crippen LogP contribution is 2.07. The molecule has 0 heterocycles. The average Bonchev–Trinajstić information content (AvgIpc) is 2.68. The fourth-order valence-corrected chi connectivity index (χ4v) is 2.40. The Morgan fingerprint density at radius 1 is 1.07 bits per heavy atom. The maximum Gasteiger partial charge on any atom is 0.408 e. The minimum atomic E-state index is -0.960. The van der Waals surface area contributed by atoms with Crippen molar-refractivity contribution in [1.82, 2.24) is 10.7 Å². The Kier molecular flexibility index (Phi) is 8.55. The second-order valence-electron chi connectivity index (χ2n) is 7.84. The number of hydrazone groups is 1. The van der Waals surface area contributed by atoms with Crippen LogP contribution in [0.5, 0.6) is 0 Å². The molecule has 1 atom stereocenters. The number of nitrogens with zero attached hydrogens (tertiary/aromatic N) is 1. The van der Waals surface area contributed by atoms with Crippen molar-refractivity contribution in [3.63, 3.8) is 0 Å². The molecular formula is C23H29N3O4. The summed E-state index contributed by atoms with van der Waals surface area (Å²) in [6.07, 6.45) is 0.834. The largest absolute Gasteiger partial charge is 0.444 e. The third-order valence-corrected chi connectivity index (χ3v) is 3.87. The number of hydrogen-bond acceptors (Lipinski definition) is 5. The summed E-state index contributed by atoms with van der Waals surface area (Å²) in [7, 11) is 0. The number of ether oxygens (including phenoxy) is 2. The number of rotatable bonds is 8. The summed E-state index contributed by atoms with van der Waals surface area (Å²) in [5.74, 6) is -0.503. The van der Waals surface area contributed by atoms with Crippen molar-refractivity contribution in [3.05, 3.63) is 71.3 Å². The second-order valence-corrected chi connectivity index (χ2v) is 7.84. The molecule has 1 unspecified atom stereocenters. The lowest BCUT2D eigenvalue weighted by molar-refractivity contribution is -0.124.